The number of halogens is 1. The molecule has 25 heavy (non-hydrogen) atoms. The first kappa shape index (κ1) is 17.8. The minimum atomic E-state index is -3.25. The molecule has 2 heterocycles. The molecule has 0 saturated carbocycles. The number of carbonyl (C=O) groups is 2. The highest BCUT2D eigenvalue weighted by Crippen LogP contribution is 2.27. The van der Waals surface area contributed by atoms with Crippen LogP contribution in [0.25, 0.3) is 0 Å². The van der Waals surface area contributed by atoms with Crippen LogP contribution in [0.5, 0.6) is 0 Å². The summed E-state index contributed by atoms with van der Waals surface area (Å²) >= 11 is 0. The molecule has 0 bridgehead atoms. The normalized spacial score (nSPS) is 22.5. The zero-order valence-corrected chi connectivity index (χ0v) is 14.7. The van der Waals surface area contributed by atoms with E-state index in [-0.39, 0.29) is 43.7 Å². The van der Waals surface area contributed by atoms with Crippen molar-refractivity contribution < 1.29 is 22.4 Å². The van der Waals surface area contributed by atoms with Gasteiger partial charge in [0.2, 0.25) is 21.8 Å². The first-order valence-corrected chi connectivity index (χ1v) is 9.90. The molecule has 1 aromatic carbocycles. The maximum atomic E-state index is 13.0. The lowest BCUT2D eigenvalue weighted by molar-refractivity contribution is -0.136. The summed E-state index contributed by atoms with van der Waals surface area (Å²) in [6.07, 6.45) is 1.27. The lowest BCUT2D eigenvalue weighted by Gasteiger charge is -2.34. The van der Waals surface area contributed by atoms with Crippen LogP contribution < -0.4 is 4.90 Å². The van der Waals surface area contributed by atoms with Gasteiger partial charge >= 0.3 is 0 Å². The standard InChI is InChI=1S/C16H20FN3O4S/c1-25(23,24)19-8-6-18(7-9-19)16(22)12-10-15(21)20(11-12)14-4-2-13(17)3-5-14/h2-5,12H,6-11H2,1H3. The van der Waals surface area contributed by atoms with Crippen molar-refractivity contribution in [3.05, 3.63) is 30.1 Å². The number of hydrogen-bond acceptors (Lipinski definition) is 4. The van der Waals surface area contributed by atoms with Crippen molar-refractivity contribution >= 4 is 27.5 Å². The third-order valence-corrected chi connectivity index (χ3v) is 5.94. The third kappa shape index (κ3) is 3.82. The Morgan fingerprint density at radius 1 is 1.12 bits per heavy atom. The Morgan fingerprint density at radius 3 is 2.28 bits per heavy atom. The maximum absolute atomic E-state index is 13.0. The number of anilines is 1. The summed E-state index contributed by atoms with van der Waals surface area (Å²) in [5.74, 6) is -1.14. The highest BCUT2D eigenvalue weighted by molar-refractivity contribution is 7.88. The molecule has 2 aliphatic rings. The van der Waals surface area contributed by atoms with Crippen molar-refractivity contribution in [2.75, 3.05) is 43.9 Å². The summed E-state index contributed by atoms with van der Waals surface area (Å²) in [6.45, 7) is 1.45. The zero-order valence-electron chi connectivity index (χ0n) is 13.9. The lowest BCUT2D eigenvalue weighted by Crippen LogP contribution is -2.51. The van der Waals surface area contributed by atoms with Gasteiger partial charge in [0.25, 0.3) is 0 Å². The van der Waals surface area contributed by atoms with Crippen LogP contribution in [-0.4, -0.2) is 68.4 Å². The predicted octanol–water partition coefficient (Wildman–Crippen LogP) is 0.282. The molecular weight excluding hydrogens is 349 g/mol. The Hall–Kier alpha value is -2.00. The van der Waals surface area contributed by atoms with Crippen molar-refractivity contribution in [2.45, 2.75) is 6.42 Å². The van der Waals surface area contributed by atoms with Crippen LogP contribution in [0.1, 0.15) is 6.42 Å². The van der Waals surface area contributed by atoms with Crippen molar-refractivity contribution in [3.63, 3.8) is 0 Å². The van der Waals surface area contributed by atoms with Gasteiger partial charge < -0.3 is 9.80 Å². The van der Waals surface area contributed by atoms with Crippen LogP contribution >= 0.6 is 0 Å². The van der Waals surface area contributed by atoms with Crippen LogP contribution in [-0.2, 0) is 19.6 Å². The van der Waals surface area contributed by atoms with Gasteiger partial charge in [-0.05, 0) is 24.3 Å². The van der Waals surface area contributed by atoms with Gasteiger partial charge in [-0.25, -0.2) is 12.8 Å². The van der Waals surface area contributed by atoms with Crippen molar-refractivity contribution in [1.29, 1.82) is 0 Å². The number of hydrogen-bond donors (Lipinski definition) is 0. The molecule has 2 fully saturated rings. The molecule has 136 valence electrons. The Labute approximate surface area is 146 Å². The molecule has 2 saturated heterocycles. The van der Waals surface area contributed by atoms with E-state index in [2.05, 4.69) is 0 Å². The monoisotopic (exact) mass is 369 g/mol. The van der Waals surface area contributed by atoms with Gasteiger partial charge in [-0.2, -0.15) is 4.31 Å². The zero-order chi connectivity index (χ0) is 18.2. The molecule has 2 aliphatic heterocycles. The molecule has 1 atom stereocenters. The first-order chi connectivity index (χ1) is 11.8. The minimum absolute atomic E-state index is 0.114. The summed E-state index contributed by atoms with van der Waals surface area (Å²) in [5.41, 5.74) is 0.573. The van der Waals surface area contributed by atoms with E-state index >= 15 is 0 Å². The Kier molecular flexibility index (Phi) is 4.79. The van der Waals surface area contributed by atoms with Gasteiger partial charge in [0.15, 0.2) is 0 Å². The molecule has 0 aromatic heterocycles. The second-order valence-corrected chi connectivity index (χ2v) is 8.35. The summed E-state index contributed by atoms with van der Waals surface area (Å²) in [4.78, 5) is 28.0. The van der Waals surface area contributed by atoms with Crippen molar-refractivity contribution in [3.8, 4) is 0 Å². The Morgan fingerprint density at radius 2 is 1.72 bits per heavy atom. The minimum Gasteiger partial charge on any atom is -0.340 e. The van der Waals surface area contributed by atoms with Gasteiger partial charge in [0.05, 0.1) is 12.2 Å². The topological polar surface area (TPSA) is 78.0 Å². The summed E-state index contributed by atoms with van der Waals surface area (Å²) < 4.78 is 37.4. The SMILES string of the molecule is CS(=O)(=O)N1CCN(C(=O)C2CC(=O)N(c3ccc(F)cc3)C2)CC1. The second-order valence-electron chi connectivity index (χ2n) is 6.37. The van der Waals surface area contributed by atoms with Gasteiger partial charge in [0.1, 0.15) is 5.82 Å². The van der Waals surface area contributed by atoms with Crippen LogP contribution in [0.15, 0.2) is 24.3 Å². The highest BCUT2D eigenvalue weighted by Gasteiger charge is 2.38. The largest absolute Gasteiger partial charge is 0.340 e. The molecule has 1 aromatic rings. The summed E-state index contributed by atoms with van der Waals surface area (Å²) in [7, 11) is -3.25. The molecule has 3 rings (SSSR count). The average molecular weight is 369 g/mol. The van der Waals surface area contributed by atoms with Crippen molar-refractivity contribution in [2.24, 2.45) is 5.92 Å². The molecule has 7 nitrogen and oxygen atoms in total. The molecule has 0 aliphatic carbocycles. The Balaban J connectivity index is 1.63. The molecule has 1 unspecified atom stereocenters. The van der Waals surface area contributed by atoms with Crippen LogP contribution in [0.2, 0.25) is 0 Å². The van der Waals surface area contributed by atoms with Crippen LogP contribution in [0, 0.1) is 11.7 Å². The smallest absolute Gasteiger partial charge is 0.228 e. The molecular formula is C16H20FN3O4S. The van der Waals surface area contributed by atoms with Crippen molar-refractivity contribution in [1.82, 2.24) is 9.21 Å². The first-order valence-electron chi connectivity index (χ1n) is 8.05. The fourth-order valence-corrected chi connectivity index (χ4v) is 4.07. The fraction of sp³-hybridized carbons (Fsp3) is 0.500. The van der Waals surface area contributed by atoms with E-state index in [1.54, 1.807) is 4.90 Å². The van der Waals surface area contributed by atoms with E-state index in [1.165, 1.54) is 33.5 Å². The molecule has 0 N–H and O–H groups in total. The summed E-state index contributed by atoms with van der Waals surface area (Å²) in [6, 6.07) is 5.60. The molecule has 0 radical (unpaired) electrons. The molecule has 0 spiro atoms. The number of piperazine rings is 1. The number of carbonyl (C=O) groups excluding carboxylic acids is 2. The van der Waals surface area contributed by atoms with Gasteiger partial charge in [-0.1, -0.05) is 0 Å². The average Bonchev–Trinajstić information content (AvgIpc) is 2.96. The maximum Gasteiger partial charge on any atom is 0.228 e. The van der Waals surface area contributed by atoms with E-state index in [0.29, 0.717) is 18.8 Å². The number of amides is 2. The van der Waals surface area contributed by atoms with E-state index in [4.69, 9.17) is 0 Å². The van der Waals surface area contributed by atoms with E-state index in [1.807, 2.05) is 0 Å². The molecule has 2 amide bonds. The fourth-order valence-electron chi connectivity index (χ4n) is 3.24. The number of nitrogens with zero attached hydrogens (tertiary/aromatic N) is 3. The lowest BCUT2D eigenvalue weighted by atomic mass is 10.1. The highest BCUT2D eigenvalue weighted by atomic mass is 32.2. The van der Waals surface area contributed by atoms with Gasteiger partial charge in [0, 0.05) is 44.8 Å². The predicted molar refractivity (Wildman–Crippen MR) is 89.9 cm³/mol. The quantitative estimate of drug-likeness (QED) is 0.767. The van der Waals surface area contributed by atoms with E-state index in [9.17, 15) is 22.4 Å². The van der Waals surface area contributed by atoms with Crippen LogP contribution in [0.4, 0.5) is 10.1 Å². The van der Waals surface area contributed by atoms with E-state index in [0.717, 1.165) is 6.26 Å². The number of rotatable bonds is 3. The number of sulfonamides is 1. The second kappa shape index (κ2) is 6.72. The summed E-state index contributed by atoms with van der Waals surface area (Å²) in [5, 5.41) is 0. The molecule has 9 heteroatoms. The van der Waals surface area contributed by atoms with Crippen LogP contribution in [0.3, 0.4) is 0 Å². The van der Waals surface area contributed by atoms with Gasteiger partial charge in [-0.3, -0.25) is 9.59 Å². The number of benzene rings is 1. The Bertz CT molecular complexity index is 773. The van der Waals surface area contributed by atoms with Gasteiger partial charge in [-0.15, -0.1) is 0 Å². The van der Waals surface area contributed by atoms with E-state index < -0.39 is 15.9 Å². The third-order valence-electron chi connectivity index (χ3n) is 4.63.